The highest BCUT2D eigenvalue weighted by molar-refractivity contribution is 8.77. The Hall–Kier alpha value is -13.0. The van der Waals surface area contributed by atoms with Gasteiger partial charge in [-0.05, 0) is 133 Å². The topological polar surface area (TPSA) is 88.5 Å². The van der Waals surface area contributed by atoms with Gasteiger partial charge in [-0.25, -0.2) is 45.7 Å². The van der Waals surface area contributed by atoms with Gasteiger partial charge in [0.15, 0.2) is 206 Å². The zero-order valence-electron chi connectivity index (χ0n) is 87.3. The maximum absolute atomic E-state index is 12.5. The third-order valence-electron chi connectivity index (χ3n) is 24.6. The number of fused-ring (bicyclic) bond motifs is 2. The van der Waals surface area contributed by atoms with Crippen molar-refractivity contribution in [3.63, 3.8) is 0 Å². The summed E-state index contributed by atoms with van der Waals surface area (Å²) in [6.07, 6.45) is 74.4. The van der Waals surface area contributed by atoms with E-state index >= 15 is 0 Å². The van der Waals surface area contributed by atoms with Crippen LogP contribution in [0.3, 0.4) is 0 Å². The minimum absolute atomic E-state index is 0.0778. The van der Waals surface area contributed by atoms with Gasteiger partial charge in [0.2, 0.25) is 29.9 Å². The smallest absolute Gasteiger partial charge is 0.227 e. The Labute approximate surface area is 887 Å². The van der Waals surface area contributed by atoms with Gasteiger partial charge in [-0.1, -0.05) is 154 Å². The standard InChI is InChI=1S/C24H26N2O2.C23H24N2.C20H30N2.C16H22N2S2.C16H22N2.C14H18N2S2.C13H16N2/c1-19-5-3-13-25(15-19)17-23(27)12-9-21-7-10-22(11-8-21)24(28)18-26-14-4-6-20(2)16-26;1(6-16-24-18-8-12-20-10-2-4-14-22(20)24)7-17-25-19-9-13-21-11-3-5-15-23(21)25;1(3-5-9-15-21-17-11-7-12-18-21)2-4-6-10-16-22-19-13-8-14-20-22;1-15-5-3-7-17(13-15)9-11-19-20-12-10-18-8-4-6-16(2)14-18;1-15-7-5-11-17(13-15)9-3-4-10-18-12-6-8-16(2)14-18;1-3-7-15(8-4-1)11-13-17-18-14-12-16-9-5-2-6-10-16;1-3-8-14(9-4-1)12-7-13-15-10-5-2-6-11-15/h3-8,10-11,13-16H,9,12,17-18H2,1-2H3;2-5,8-15,18-19H,1,6-7,16-17H2;7-8,11-14,17-20H,1-6,9-10,15-16H2;3-8,13-14H,9-12H2,1-2H3;5-8,11-14H,3-4,9-10H2,1-2H3;1-10H,11-14H2;1-6,8-11H,7,12-13H2/q7*+2. The number of carbonyl (C=O) groups is 2. The minimum atomic E-state index is 0.0778. The van der Waals surface area contributed by atoms with E-state index in [1.807, 2.05) is 152 Å². The number of hydrogen-bond acceptors (Lipinski definition) is 6. The molecule has 20 heteroatoms. The van der Waals surface area contributed by atoms with Gasteiger partial charge < -0.3 is 0 Å². The molecule has 0 atom stereocenters. The number of nitrogens with zero attached hydrogens (tertiary/aromatic N) is 14. The summed E-state index contributed by atoms with van der Waals surface area (Å²) in [4.78, 5) is 24.7. The third kappa shape index (κ3) is 47.5. The molecule has 0 radical (unpaired) electrons. The van der Waals surface area contributed by atoms with Gasteiger partial charge in [0, 0.05) is 228 Å². The van der Waals surface area contributed by atoms with Crippen LogP contribution in [0.15, 0.2) is 440 Å². The van der Waals surface area contributed by atoms with Crippen molar-refractivity contribution in [2.45, 2.75) is 236 Å². The van der Waals surface area contributed by atoms with Gasteiger partial charge in [0.25, 0.3) is 0 Å². The maximum atomic E-state index is 12.5. The molecule has 3 aromatic carbocycles. The zero-order chi connectivity index (χ0) is 102. The third-order valence-corrected chi connectivity index (χ3v) is 29.4. The number of para-hydroxylation sites is 2. The van der Waals surface area contributed by atoms with Crippen molar-refractivity contribution in [3.8, 4) is 0 Å². The monoisotopic (exact) mass is 2030 g/mol. The van der Waals surface area contributed by atoms with Gasteiger partial charge in [0.05, 0.1) is 29.4 Å². The van der Waals surface area contributed by atoms with Crippen LogP contribution in [0.1, 0.15) is 146 Å². The quantitative estimate of drug-likeness (QED) is 0.0163. The van der Waals surface area contributed by atoms with Crippen LogP contribution in [-0.4, -0.2) is 34.6 Å². The summed E-state index contributed by atoms with van der Waals surface area (Å²) in [6, 6.07) is 95.7. The van der Waals surface area contributed by atoms with E-state index in [0.29, 0.717) is 31.5 Å². The van der Waals surface area contributed by atoms with Crippen molar-refractivity contribution in [2.75, 3.05) is 23.0 Å². The fourth-order valence-corrected chi connectivity index (χ4v) is 20.8. The number of aromatic nitrogens is 14. The first-order chi connectivity index (χ1) is 71.7. The Balaban J connectivity index is 0.000000163. The fraction of sp³-hybridized carbons (Fsp3) is 0.317. The first-order valence-corrected chi connectivity index (χ1v) is 57.5. The summed E-state index contributed by atoms with van der Waals surface area (Å²) in [5, 5.41) is 2.63. The molecule has 14 heterocycles. The van der Waals surface area contributed by atoms with Crippen LogP contribution in [0.5, 0.6) is 0 Å². The van der Waals surface area contributed by atoms with Crippen LogP contribution in [-0.2, 0) is 103 Å². The molecule has 0 N–H and O–H groups in total. The number of Topliss-reactive ketones (excluding diaryl/α,β-unsaturated/α-hetero) is 2. The predicted octanol–water partition coefficient (Wildman–Crippen LogP) is 20.5. The lowest BCUT2D eigenvalue weighted by Crippen LogP contribution is -2.38. The number of unbranched alkanes of at least 4 members (excludes halogenated alkanes) is 10. The van der Waals surface area contributed by atoms with Crippen LogP contribution in [0.4, 0.5) is 0 Å². The minimum Gasteiger partial charge on any atom is -0.293 e. The normalized spacial score (nSPS) is 10.7. The Morgan fingerprint density at radius 2 is 0.445 bits per heavy atom. The molecular formula is C126H158N14O2S4+14. The lowest BCUT2D eigenvalue weighted by Gasteiger charge is -2.03. The number of carbonyl (C=O) groups excluding carboxylic acids is 2. The van der Waals surface area contributed by atoms with E-state index in [4.69, 9.17) is 0 Å². The molecule has 0 amide bonds. The highest BCUT2D eigenvalue weighted by atomic mass is 33.1. The molecule has 0 fully saturated rings. The van der Waals surface area contributed by atoms with Crippen LogP contribution in [0, 0.1) is 41.5 Å². The molecular weight excluding hydrogens is 1870 g/mol. The van der Waals surface area contributed by atoms with E-state index in [1.54, 1.807) is 0 Å². The van der Waals surface area contributed by atoms with Crippen LogP contribution >= 0.6 is 43.2 Å². The first kappa shape index (κ1) is 113. The van der Waals surface area contributed by atoms with Gasteiger partial charge in [-0.3, -0.25) is 9.59 Å². The Bertz CT molecular complexity index is 6170. The van der Waals surface area contributed by atoms with E-state index < -0.39 is 0 Å². The van der Waals surface area contributed by atoms with Gasteiger partial charge in [-0.15, -0.1) is 0 Å². The summed E-state index contributed by atoms with van der Waals surface area (Å²) in [7, 11) is 7.82. The Morgan fingerprint density at radius 1 is 0.205 bits per heavy atom. The Kier molecular flexibility index (Phi) is 53.7. The van der Waals surface area contributed by atoms with Crippen molar-refractivity contribution in [1.82, 2.24) is 0 Å². The average molecular weight is 2030 g/mol. The largest absolute Gasteiger partial charge is 0.293 e. The van der Waals surface area contributed by atoms with Crippen molar-refractivity contribution in [3.05, 3.63) is 485 Å². The number of benzene rings is 3. The van der Waals surface area contributed by atoms with E-state index in [9.17, 15) is 9.59 Å². The second kappa shape index (κ2) is 69.2. The molecule has 17 rings (SSSR count). The molecule has 0 saturated carbocycles. The van der Waals surface area contributed by atoms with Gasteiger partial charge in [0.1, 0.15) is 39.3 Å². The Morgan fingerprint density at radius 3 is 0.788 bits per heavy atom. The number of hydrogen-bond donors (Lipinski definition) is 0. The SMILES string of the molecule is Cc1ccc[n+](CC(=O)CCc2ccc(C(=O)C[n+]3cccc(C)c3)cc2)c1.Cc1ccc[n+](CCCC[n+]2cccc(C)c2)c1.Cc1ccc[n+](CCSSCC[n+]2cccc(C)c2)c1.c1cc[n+](CCCCCCCCCC[n+]2ccccc2)cc1.c1cc[n+](CCC[n+]2ccccc2)cc1.c1cc[n+](CCSSCC[n+]2ccccc2)cc1.c1ccc2c(c1)ccc[n+]2CCCCC[n+]1cccc2ccccc21. The maximum Gasteiger partial charge on any atom is 0.227 e. The molecule has 14 aromatic heterocycles. The summed E-state index contributed by atoms with van der Waals surface area (Å²) in [6.45, 7) is 26.5. The van der Waals surface area contributed by atoms with Crippen LogP contribution in [0.25, 0.3) is 21.8 Å². The molecule has 146 heavy (non-hydrogen) atoms. The molecule has 16 nitrogen and oxygen atoms in total. The molecule has 0 saturated heterocycles. The van der Waals surface area contributed by atoms with E-state index in [2.05, 4.69) is 437 Å². The van der Waals surface area contributed by atoms with Crippen LogP contribution < -0.4 is 63.9 Å². The van der Waals surface area contributed by atoms with Gasteiger partial charge >= 0.3 is 0 Å². The molecule has 754 valence electrons. The lowest BCUT2D eigenvalue weighted by atomic mass is 10.0. The summed E-state index contributed by atoms with van der Waals surface area (Å²) < 4.78 is 31.1. The number of aryl methyl sites for hydroxylation is 19. The van der Waals surface area contributed by atoms with Crippen molar-refractivity contribution >= 4 is 76.5 Å². The fourth-order valence-electron chi connectivity index (χ4n) is 16.9. The second-order valence-corrected chi connectivity index (χ2v) is 42.6. The summed E-state index contributed by atoms with van der Waals surface area (Å²) in [5.74, 6) is 4.88. The van der Waals surface area contributed by atoms with E-state index in [0.717, 1.165) is 125 Å². The number of ketones is 2. The predicted molar refractivity (Wildman–Crippen MR) is 595 cm³/mol. The summed E-state index contributed by atoms with van der Waals surface area (Å²) >= 11 is 0. The highest BCUT2D eigenvalue weighted by Crippen LogP contribution is 2.22. The van der Waals surface area contributed by atoms with Crippen molar-refractivity contribution < 1.29 is 73.5 Å². The molecule has 0 aliphatic carbocycles. The number of rotatable bonds is 48. The second-order valence-electron chi connectivity index (χ2n) is 37.2. The van der Waals surface area contributed by atoms with Crippen molar-refractivity contribution in [2.24, 2.45) is 0 Å². The molecule has 0 unspecified atom stereocenters. The van der Waals surface area contributed by atoms with Crippen molar-refractivity contribution in [1.29, 1.82) is 0 Å². The lowest BCUT2D eigenvalue weighted by molar-refractivity contribution is -0.726. The number of pyridine rings is 14. The van der Waals surface area contributed by atoms with Gasteiger partial charge in [-0.2, -0.15) is 18.3 Å². The molecule has 17 aromatic rings. The van der Waals surface area contributed by atoms with E-state index in [-0.39, 0.29) is 11.6 Å². The molecule has 0 aliphatic heterocycles. The zero-order valence-corrected chi connectivity index (χ0v) is 90.6. The highest BCUT2D eigenvalue weighted by Gasteiger charge is 2.17. The van der Waals surface area contributed by atoms with E-state index in [1.165, 1.54) is 128 Å². The van der Waals surface area contributed by atoms with Crippen LogP contribution in [0.2, 0.25) is 0 Å². The molecule has 0 aliphatic rings. The summed E-state index contributed by atoms with van der Waals surface area (Å²) in [5.41, 5.74) is 12.0. The molecule has 0 spiro atoms. The average Bonchev–Trinajstić information content (AvgIpc) is 0.830. The first-order valence-electron chi connectivity index (χ1n) is 52.5. The molecule has 0 bridgehead atoms.